The van der Waals surface area contributed by atoms with Crippen molar-refractivity contribution in [3.05, 3.63) is 29.8 Å². The van der Waals surface area contributed by atoms with E-state index < -0.39 is 12.5 Å². The Balaban J connectivity index is 2.40. The molecule has 0 aromatic heterocycles. The fourth-order valence-electron chi connectivity index (χ4n) is 1.55. The van der Waals surface area contributed by atoms with Gasteiger partial charge in [0, 0.05) is 12.1 Å². The van der Waals surface area contributed by atoms with Crippen LogP contribution in [0.4, 0.5) is 18.0 Å². The quantitative estimate of drug-likeness (QED) is 0.409. The van der Waals surface area contributed by atoms with E-state index in [0.29, 0.717) is 18.5 Å². The Morgan fingerprint density at radius 2 is 2.00 bits per heavy atom. The SMILES string of the molecule is O=C(O)N(O)CCCNCc1ccccc1OC(F)(F)F. The summed E-state index contributed by atoms with van der Waals surface area (Å²) in [6.07, 6.45) is -5.90. The van der Waals surface area contributed by atoms with Gasteiger partial charge in [-0.2, -0.15) is 5.06 Å². The molecule has 0 aliphatic heterocycles. The summed E-state index contributed by atoms with van der Waals surface area (Å²) in [5, 5.41) is 20.3. The number of para-hydroxylation sites is 1. The predicted octanol–water partition coefficient (Wildman–Crippen LogP) is 2.43. The molecule has 0 aliphatic rings. The summed E-state index contributed by atoms with van der Waals surface area (Å²) in [5.41, 5.74) is 0.328. The maximum atomic E-state index is 12.2. The zero-order valence-electron chi connectivity index (χ0n) is 10.9. The van der Waals surface area contributed by atoms with Crippen LogP contribution in [0.1, 0.15) is 12.0 Å². The van der Waals surface area contributed by atoms with Crippen molar-refractivity contribution in [2.45, 2.75) is 19.3 Å². The molecule has 3 N–H and O–H groups in total. The first-order valence-electron chi connectivity index (χ1n) is 6.03. The lowest BCUT2D eigenvalue weighted by atomic mass is 10.2. The number of halogens is 3. The fourth-order valence-corrected chi connectivity index (χ4v) is 1.55. The lowest BCUT2D eigenvalue weighted by molar-refractivity contribution is -0.274. The summed E-state index contributed by atoms with van der Waals surface area (Å²) in [6, 6.07) is 5.72. The van der Waals surface area contributed by atoms with E-state index in [1.807, 2.05) is 0 Å². The van der Waals surface area contributed by atoms with Crippen LogP contribution in [-0.4, -0.2) is 40.9 Å². The van der Waals surface area contributed by atoms with Gasteiger partial charge < -0.3 is 15.2 Å². The van der Waals surface area contributed by atoms with Gasteiger partial charge in [-0.3, -0.25) is 5.21 Å². The third-order valence-electron chi connectivity index (χ3n) is 2.46. The van der Waals surface area contributed by atoms with Crippen LogP contribution in [0.25, 0.3) is 0 Å². The molecule has 0 radical (unpaired) electrons. The normalized spacial score (nSPS) is 11.2. The monoisotopic (exact) mass is 308 g/mol. The van der Waals surface area contributed by atoms with E-state index in [1.54, 1.807) is 6.07 Å². The minimum Gasteiger partial charge on any atom is -0.463 e. The second-order valence-electron chi connectivity index (χ2n) is 4.09. The lowest BCUT2D eigenvalue weighted by Crippen LogP contribution is -2.29. The maximum absolute atomic E-state index is 12.2. The predicted molar refractivity (Wildman–Crippen MR) is 66.0 cm³/mol. The highest BCUT2D eigenvalue weighted by atomic mass is 19.4. The highest BCUT2D eigenvalue weighted by Gasteiger charge is 2.31. The molecule has 0 atom stereocenters. The third kappa shape index (κ3) is 6.82. The van der Waals surface area contributed by atoms with Gasteiger partial charge in [0.15, 0.2) is 0 Å². The Hall–Kier alpha value is -2.00. The van der Waals surface area contributed by atoms with Crippen LogP contribution in [0, 0.1) is 0 Å². The van der Waals surface area contributed by atoms with Crippen molar-refractivity contribution in [1.82, 2.24) is 10.4 Å². The van der Waals surface area contributed by atoms with Gasteiger partial charge in [-0.05, 0) is 19.0 Å². The molecule has 0 spiro atoms. The average molecular weight is 308 g/mol. The smallest absolute Gasteiger partial charge is 0.463 e. The Labute approximate surface area is 118 Å². The molecule has 0 fully saturated rings. The Kier molecular flexibility index (Phi) is 6.25. The summed E-state index contributed by atoms with van der Waals surface area (Å²) >= 11 is 0. The molecule has 0 saturated heterocycles. The van der Waals surface area contributed by atoms with Gasteiger partial charge in [-0.1, -0.05) is 18.2 Å². The van der Waals surface area contributed by atoms with Gasteiger partial charge in [-0.15, -0.1) is 13.2 Å². The average Bonchev–Trinajstić information content (AvgIpc) is 2.38. The number of ether oxygens (including phenoxy) is 1. The van der Waals surface area contributed by atoms with E-state index in [2.05, 4.69) is 10.1 Å². The first-order valence-corrected chi connectivity index (χ1v) is 6.03. The van der Waals surface area contributed by atoms with E-state index in [0.717, 1.165) is 0 Å². The molecular formula is C12H15F3N2O4. The molecule has 0 unspecified atom stereocenters. The van der Waals surface area contributed by atoms with Crippen molar-refractivity contribution in [2.75, 3.05) is 13.1 Å². The summed E-state index contributed by atoms with van der Waals surface area (Å²) in [6.45, 7) is 0.360. The fraction of sp³-hybridized carbons (Fsp3) is 0.417. The minimum atomic E-state index is -4.75. The number of hydrogen-bond donors (Lipinski definition) is 3. The molecule has 1 aromatic carbocycles. The number of carbonyl (C=O) groups is 1. The number of rotatable bonds is 7. The second-order valence-corrected chi connectivity index (χ2v) is 4.09. The lowest BCUT2D eigenvalue weighted by Gasteiger charge is -2.14. The Morgan fingerprint density at radius 3 is 2.62 bits per heavy atom. The highest BCUT2D eigenvalue weighted by Crippen LogP contribution is 2.25. The topological polar surface area (TPSA) is 82.0 Å². The zero-order valence-corrected chi connectivity index (χ0v) is 10.9. The number of hydrogen-bond acceptors (Lipinski definition) is 4. The first-order chi connectivity index (χ1) is 9.79. The van der Waals surface area contributed by atoms with E-state index in [9.17, 15) is 18.0 Å². The third-order valence-corrected chi connectivity index (χ3v) is 2.46. The molecule has 0 aliphatic carbocycles. The van der Waals surface area contributed by atoms with Gasteiger partial charge in [0.25, 0.3) is 0 Å². The second kappa shape index (κ2) is 7.70. The number of hydroxylamine groups is 2. The molecule has 21 heavy (non-hydrogen) atoms. The first kappa shape index (κ1) is 17.1. The van der Waals surface area contributed by atoms with Crippen molar-refractivity contribution in [1.29, 1.82) is 0 Å². The Morgan fingerprint density at radius 1 is 1.33 bits per heavy atom. The van der Waals surface area contributed by atoms with Gasteiger partial charge in [-0.25, -0.2) is 4.79 Å². The molecule has 1 aromatic rings. The molecular weight excluding hydrogens is 293 g/mol. The molecule has 0 heterocycles. The van der Waals surface area contributed by atoms with Crippen molar-refractivity contribution in [2.24, 2.45) is 0 Å². The number of amides is 1. The van der Waals surface area contributed by atoms with Gasteiger partial charge >= 0.3 is 12.5 Å². The van der Waals surface area contributed by atoms with E-state index >= 15 is 0 Å². The Bertz CT molecular complexity index is 468. The van der Waals surface area contributed by atoms with Gasteiger partial charge in [0.05, 0.1) is 6.54 Å². The molecule has 0 bridgehead atoms. The summed E-state index contributed by atoms with van der Waals surface area (Å²) < 4.78 is 40.5. The van der Waals surface area contributed by atoms with Gasteiger partial charge in [0.1, 0.15) is 5.75 Å². The number of carboxylic acid groups (broad SMARTS) is 1. The molecule has 1 rings (SSSR count). The van der Waals surface area contributed by atoms with Crippen molar-refractivity contribution >= 4 is 6.09 Å². The zero-order chi connectivity index (χ0) is 15.9. The van der Waals surface area contributed by atoms with Crippen LogP contribution < -0.4 is 10.1 Å². The van der Waals surface area contributed by atoms with E-state index in [1.165, 1.54) is 18.2 Å². The largest absolute Gasteiger partial charge is 0.573 e. The summed E-state index contributed by atoms with van der Waals surface area (Å²) in [7, 11) is 0. The van der Waals surface area contributed by atoms with Crippen LogP contribution in [-0.2, 0) is 6.54 Å². The minimum absolute atomic E-state index is 0.0942. The molecule has 1 amide bonds. The van der Waals surface area contributed by atoms with Crippen LogP contribution >= 0.6 is 0 Å². The molecule has 9 heteroatoms. The van der Waals surface area contributed by atoms with Crippen molar-refractivity contribution in [3.8, 4) is 5.75 Å². The van der Waals surface area contributed by atoms with Crippen molar-refractivity contribution < 1.29 is 33.0 Å². The van der Waals surface area contributed by atoms with E-state index in [4.69, 9.17) is 10.3 Å². The number of nitrogens with zero attached hydrogens (tertiary/aromatic N) is 1. The van der Waals surface area contributed by atoms with Gasteiger partial charge in [0.2, 0.25) is 0 Å². The van der Waals surface area contributed by atoms with Crippen LogP contribution in [0.3, 0.4) is 0 Å². The van der Waals surface area contributed by atoms with Crippen molar-refractivity contribution in [3.63, 3.8) is 0 Å². The summed E-state index contributed by atoms with van der Waals surface area (Å²) in [5.74, 6) is -0.285. The standard InChI is InChI=1S/C12H15F3N2O4/c13-12(14,15)21-10-5-2-1-4-9(10)8-16-6-3-7-17(20)11(18)19/h1-2,4-5,16,20H,3,6-8H2,(H,18,19). The molecule has 118 valence electrons. The highest BCUT2D eigenvalue weighted by molar-refractivity contribution is 5.63. The van der Waals surface area contributed by atoms with Crippen LogP contribution in [0.2, 0.25) is 0 Å². The van der Waals surface area contributed by atoms with Crippen LogP contribution in [0.15, 0.2) is 24.3 Å². The molecule has 0 saturated carbocycles. The summed E-state index contributed by atoms with van der Waals surface area (Å²) in [4.78, 5) is 10.3. The maximum Gasteiger partial charge on any atom is 0.573 e. The number of benzene rings is 1. The molecule has 6 nitrogen and oxygen atoms in total. The van der Waals surface area contributed by atoms with E-state index in [-0.39, 0.29) is 23.9 Å². The number of nitrogens with one attached hydrogen (secondary N) is 1. The number of alkyl halides is 3. The van der Waals surface area contributed by atoms with Crippen LogP contribution in [0.5, 0.6) is 5.75 Å².